The first-order valence-corrected chi connectivity index (χ1v) is 9.02. The van der Waals surface area contributed by atoms with Crippen molar-refractivity contribution in [3.63, 3.8) is 0 Å². The first-order valence-electron chi connectivity index (χ1n) is 7.42. The van der Waals surface area contributed by atoms with E-state index in [1.54, 1.807) is 36.4 Å². The highest BCUT2D eigenvalue weighted by Gasteiger charge is 2.22. The van der Waals surface area contributed by atoms with Crippen LogP contribution in [0.5, 0.6) is 5.75 Å². The predicted molar refractivity (Wildman–Crippen MR) is 105 cm³/mol. The average molecular weight is 406 g/mol. The third-order valence-corrected chi connectivity index (χ3v) is 4.89. The lowest BCUT2D eigenvalue weighted by Crippen LogP contribution is -2.17. The summed E-state index contributed by atoms with van der Waals surface area (Å²) in [5, 5.41) is 12.0. The fourth-order valence-electron chi connectivity index (χ4n) is 2.23. The zero-order valence-electron chi connectivity index (χ0n) is 13.2. The number of halogens is 1. The SMILES string of the molecule is O=C1NC(=S)SC1=Cc1cc(Cl)ccc1OCc1ccc(C(=O)O)cc1. The third kappa shape index (κ3) is 4.43. The van der Waals surface area contributed by atoms with Gasteiger partial charge in [-0.25, -0.2) is 4.79 Å². The van der Waals surface area contributed by atoms with Crippen LogP contribution in [0.1, 0.15) is 21.5 Å². The summed E-state index contributed by atoms with van der Waals surface area (Å²) in [5.74, 6) is -0.681. The zero-order valence-corrected chi connectivity index (χ0v) is 15.6. The number of carbonyl (C=O) groups excluding carboxylic acids is 1. The Balaban J connectivity index is 1.80. The highest BCUT2D eigenvalue weighted by Crippen LogP contribution is 2.31. The van der Waals surface area contributed by atoms with Crippen LogP contribution in [0.4, 0.5) is 0 Å². The van der Waals surface area contributed by atoms with E-state index < -0.39 is 5.97 Å². The van der Waals surface area contributed by atoms with Crippen molar-refractivity contribution in [1.82, 2.24) is 5.32 Å². The molecule has 1 aliphatic rings. The molecule has 2 N–H and O–H groups in total. The molecule has 8 heteroatoms. The zero-order chi connectivity index (χ0) is 18.7. The maximum atomic E-state index is 11.8. The van der Waals surface area contributed by atoms with Gasteiger partial charge in [0.2, 0.25) is 0 Å². The lowest BCUT2D eigenvalue weighted by atomic mass is 10.1. The molecule has 1 saturated heterocycles. The summed E-state index contributed by atoms with van der Waals surface area (Å²) in [4.78, 5) is 23.2. The van der Waals surface area contributed by atoms with Gasteiger partial charge in [0.15, 0.2) is 0 Å². The summed E-state index contributed by atoms with van der Waals surface area (Å²) in [6, 6.07) is 11.5. The minimum absolute atomic E-state index is 0.214. The topological polar surface area (TPSA) is 75.6 Å². The molecule has 0 atom stereocenters. The number of carboxylic acids is 1. The number of thiocarbonyl (C=S) groups is 1. The van der Waals surface area contributed by atoms with Crippen LogP contribution in [0.15, 0.2) is 47.4 Å². The predicted octanol–water partition coefficient (Wildman–Crippen LogP) is 4.11. The molecule has 0 unspecified atom stereocenters. The van der Waals surface area contributed by atoms with Crippen LogP contribution in [0.25, 0.3) is 6.08 Å². The Morgan fingerprint density at radius 1 is 1.27 bits per heavy atom. The van der Waals surface area contributed by atoms with Gasteiger partial charge in [-0.05, 0) is 42.0 Å². The molecule has 0 saturated carbocycles. The van der Waals surface area contributed by atoms with Gasteiger partial charge in [-0.2, -0.15) is 0 Å². The molecule has 2 aromatic carbocycles. The molecular formula is C18H12ClNO4S2. The minimum atomic E-state index is -0.977. The summed E-state index contributed by atoms with van der Waals surface area (Å²) >= 11 is 12.2. The van der Waals surface area contributed by atoms with Crippen LogP contribution in [0, 0.1) is 0 Å². The number of carbonyl (C=O) groups is 2. The molecule has 0 aliphatic carbocycles. The van der Waals surface area contributed by atoms with E-state index in [1.165, 1.54) is 23.9 Å². The smallest absolute Gasteiger partial charge is 0.335 e. The van der Waals surface area contributed by atoms with Gasteiger partial charge >= 0.3 is 5.97 Å². The van der Waals surface area contributed by atoms with Crippen LogP contribution < -0.4 is 10.1 Å². The second-order valence-electron chi connectivity index (χ2n) is 5.33. The van der Waals surface area contributed by atoms with Gasteiger partial charge in [-0.15, -0.1) is 0 Å². The molecule has 1 aliphatic heterocycles. The third-order valence-electron chi connectivity index (χ3n) is 3.50. The Morgan fingerprint density at radius 2 is 2.00 bits per heavy atom. The fourth-order valence-corrected chi connectivity index (χ4v) is 3.45. The number of aromatic carboxylic acids is 1. The second kappa shape index (κ2) is 7.90. The Hall–Kier alpha value is -2.35. The molecular weight excluding hydrogens is 394 g/mol. The summed E-state index contributed by atoms with van der Waals surface area (Å²) in [6.45, 7) is 0.245. The molecule has 1 amide bonds. The van der Waals surface area contributed by atoms with E-state index in [2.05, 4.69) is 5.32 Å². The van der Waals surface area contributed by atoms with Crippen molar-refractivity contribution in [3.05, 3.63) is 69.1 Å². The van der Waals surface area contributed by atoms with Gasteiger partial charge < -0.3 is 15.2 Å². The minimum Gasteiger partial charge on any atom is -0.488 e. The molecule has 1 heterocycles. The number of hydrogen-bond acceptors (Lipinski definition) is 5. The Kier molecular flexibility index (Phi) is 5.61. The van der Waals surface area contributed by atoms with Gasteiger partial charge in [0, 0.05) is 10.6 Å². The largest absolute Gasteiger partial charge is 0.488 e. The molecule has 0 aromatic heterocycles. The quantitative estimate of drug-likeness (QED) is 0.576. The molecule has 132 valence electrons. The van der Waals surface area contributed by atoms with Crippen molar-refractivity contribution >= 4 is 57.9 Å². The van der Waals surface area contributed by atoms with E-state index in [9.17, 15) is 9.59 Å². The van der Waals surface area contributed by atoms with Crippen LogP contribution in [0.3, 0.4) is 0 Å². The second-order valence-corrected chi connectivity index (χ2v) is 7.48. The first-order chi connectivity index (χ1) is 12.4. The standard InChI is InChI=1S/C18H12ClNO4S2/c19-13-5-6-14(12(7-13)8-15-16(21)20-18(25)26-15)24-9-10-1-3-11(4-2-10)17(22)23/h1-8H,9H2,(H,22,23)(H,20,21,25). The van der Waals surface area contributed by atoms with E-state index in [0.29, 0.717) is 25.6 Å². The number of benzene rings is 2. The van der Waals surface area contributed by atoms with Crippen molar-refractivity contribution in [2.24, 2.45) is 0 Å². The summed E-state index contributed by atoms with van der Waals surface area (Å²) in [6.07, 6.45) is 1.67. The number of amides is 1. The van der Waals surface area contributed by atoms with Crippen LogP contribution in [-0.4, -0.2) is 21.3 Å². The number of ether oxygens (including phenoxy) is 1. The summed E-state index contributed by atoms with van der Waals surface area (Å²) in [5.41, 5.74) is 1.69. The highest BCUT2D eigenvalue weighted by atomic mass is 35.5. The van der Waals surface area contributed by atoms with Crippen LogP contribution in [0.2, 0.25) is 5.02 Å². The Labute approximate surface area is 164 Å². The lowest BCUT2D eigenvalue weighted by Gasteiger charge is -2.10. The summed E-state index contributed by atoms with van der Waals surface area (Å²) in [7, 11) is 0. The van der Waals surface area contributed by atoms with Crippen molar-refractivity contribution in [3.8, 4) is 5.75 Å². The van der Waals surface area contributed by atoms with Gasteiger partial charge in [-0.3, -0.25) is 4.79 Å². The molecule has 5 nitrogen and oxygen atoms in total. The molecule has 0 radical (unpaired) electrons. The van der Waals surface area contributed by atoms with Gasteiger partial charge in [-0.1, -0.05) is 47.7 Å². The number of carboxylic acid groups (broad SMARTS) is 1. The molecule has 1 fully saturated rings. The Bertz CT molecular complexity index is 925. The fraction of sp³-hybridized carbons (Fsp3) is 0.0556. The maximum Gasteiger partial charge on any atom is 0.335 e. The van der Waals surface area contributed by atoms with Gasteiger partial charge in [0.1, 0.15) is 16.7 Å². The van der Waals surface area contributed by atoms with Crippen LogP contribution in [-0.2, 0) is 11.4 Å². The van der Waals surface area contributed by atoms with E-state index in [1.807, 2.05) is 0 Å². The Morgan fingerprint density at radius 3 is 2.62 bits per heavy atom. The molecule has 0 bridgehead atoms. The van der Waals surface area contributed by atoms with E-state index >= 15 is 0 Å². The van der Waals surface area contributed by atoms with Crippen molar-refractivity contribution in [1.29, 1.82) is 0 Å². The lowest BCUT2D eigenvalue weighted by molar-refractivity contribution is -0.115. The maximum absolute atomic E-state index is 11.8. The van der Waals surface area contributed by atoms with Gasteiger partial charge in [0.25, 0.3) is 5.91 Å². The molecule has 26 heavy (non-hydrogen) atoms. The van der Waals surface area contributed by atoms with E-state index in [-0.39, 0.29) is 18.1 Å². The molecule has 0 spiro atoms. The number of rotatable bonds is 5. The number of nitrogens with one attached hydrogen (secondary N) is 1. The van der Waals surface area contributed by atoms with Crippen molar-refractivity contribution < 1.29 is 19.4 Å². The van der Waals surface area contributed by atoms with Crippen molar-refractivity contribution in [2.75, 3.05) is 0 Å². The average Bonchev–Trinajstić information content (AvgIpc) is 2.92. The van der Waals surface area contributed by atoms with E-state index in [0.717, 1.165) is 5.56 Å². The summed E-state index contributed by atoms with van der Waals surface area (Å²) < 4.78 is 6.23. The van der Waals surface area contributed by atoms with Crippen molar-refractivity contribution in [2.45, 2.75) is 6.61 Å². The highest BCUT2D eigenvalue weighted by molar-refractivity contribution is 8.26. The van der Waals surface area contributed by atoms with Gasteiger partial charge in [0.05, 0.1) is 10.5 Å². The number of hydrogen-bond donors (Lipinski definition) is 2. The molecule has 3 rings (SSSR count). The van der Waals surface area contributed by atoms with E-state index in [4.69, 9.17) is 33.7 Å². The number of thioether (sulfide) groups is 1. The monoisotopic (exact) mass is 405 g/mol. The van der Waals surface area contributed by atoms with Crippen LogP contribution >= 0.6 is 35.6 Å². The first kappa shape index (κ1) is 18.4. The molecule has 2 aromatic rings. The normalized spacial score (nSPS) is 15.2.